The first-order valence-corrected chi connectivity index (χ1v) is 9.37. The first kappa shape index (κ1) is 21.2. The highest BCUT2D eigenvalue weighted by atomic mass is 19.4. The number of aromatic nitrogens is 2. The molecule has 0 saturated carbocycles. The minimum absolute atomic E-state index is 0.111. The predicted octanol–water partition coefficient (Wildman–Crippen LogP) is 6.49. The zero-order valence-corrected chi connectivity index (χ0v) is 16.3. The lowest BCUT2D eigenvalue weighted by atomic mass is 10.1. The molecule has 6 nitrogen and oxygen atoms in total. The van der Waals surface area contributed by atoms with Crippen molar-refractivity contribution in [2.75, 3.05) is 10.6 Å². The van der Waals surface area contributed by atoms with Gasteiger partial charge in [0.1, 0.15) is 23.8 Å². The predicted molar refractivity (Wildman–Crippen MR) is 112 cm³/mol. The number of anilines is 2. The second kappa shape index (κ2) is 8.58. The van der Waals surface area contributed by atoms with Crippen molar-refractivity contribution >= 4 is 28.4 Å². The van der Waals surface area contributed by atoms with E-state index in [1.807, 2.05) is 6.07 Å². The molecule has 2 heterocycles. The second-order valence-corrected chi connectivity index (χ2v) is 6.76. The fraction of sp³-hybridized carbons (Fsp3) is 0.0909. The van der Waals surface area contributed by atoms with E-state index in [2.05, 4.69) is 20.6 Å². The highest BCUT2D eigenvalue weighted by molar-refractivity contribution is 5.99. The number of pyridine rings is 1. The summed E-state index contributed by atoms with van der Waals surface area (Å²) in [7, 11) is 0. The van der Waals surface area contributed by atoms with Crippen LogP contribution < -0.4 is 15.4 Å². The molecule has 2 aromatic carbocycles. The van der Waals surface area contributed by atoms with E-state index < -0.39 is 30.0 Å². The number of rotatable bonds is 5. The zero-order chi connectivity index (χ0) is 22.7. The third-order valence-corrected chi connectivity index (χ3v) is 4.58. The van der Waals surface area contributed by atoms with E-state index in [4.69, 9.17) is 4.74 Å². The van der Waals surface area contributed by atoms with Crippen molar-refractivity contribution in [1.82, 2.24) is 9.97 Å². The second-order valence-electron chi connectivity index (χ2n) is 6.76. The molecule has 2 amide bonds. The summed E-state index contributed by atoms with van der Waals surface area (Å²) in [5, 5.41) is 5.64. The number of carbonyl (C=O) groups is 1. The summed E-state index contributed by atoms with van der Waals surface area (Å²) >= 11 is 0. The number of aromatic amines is 1. The van der Waals surface area contributed by atoms with E-state index in [-0.39, 0.29) is 5.69 Å². The quantitative estimate of drug-likeness (QED) is 0.308. The van der Waals surface area contributed by atoms with Gasteiger partial charge in [-0.05, 0) is 54.1 Å². The molecule has 164 valence electrons. The molecule has 32 heavy (non-hydrogen) atoms. The Kier molecular flexibility index (Phi) is 5.67. The largest absolute Gasteiger partial charge is 0.457 e. The van der Waals surface area contributed by atoms with Crippen molar-refractivity contribution in [2.24, 2.45) is 0 Å². The Morgan fingerprint density at radius 2 is 1.72 bits per heavy atom. The fourth-order valence-corrected chi connectivity index (χ4v) is 3.09. The number of nitrogens with one attached hydrogen (secondary N) is 3. The molecule has 0 aliphatic rings. The number of carbonyl (C=O) groups excluding carboxylic acids is 1. The summed E-state index contributed by atoms with van der Waals surface area (Å²) in [4.78, 5) is 19.3. The summed E-state index contributed by atoms with van der Waals surface area (Å²) in [5.41, 5.74) is -0.657. The van der Waals surface area contributed by atoms with Crippen LogP contribution in [-0.2, 0) is 12.9 Å². The van der Waals surface area contributed by atoms with Gasteiger partial charge in [-0.1, -0.05) is 6.07 Å². The Labute approximate surface area is 179 Å². The fourth-order valence-electron chi connectivity index (χ4n) is 3.09. The molecular weight excluding hydrogens is 428 g/mol. The minimum Gasteiger partial charge on any atom is -0.457 e. The van der Waals surface area contributed by atoms with Crippen LogP contribution in [-0.4, -0.2) is 16.0 Å². The van der Waals surface area contributed by atoms with Gasteiger partial charge in [0.15, 0.2) is 0 Å². The maximum atomic E-state index is 13.0. The third kappa shape index (κ3) is 4.64. The first-order valence-electron chi connectivity index (χ1n) is 9.37. The van der Waals surface area contributed by atoms with Crippen LogP contribution in [0.3, 0.4) is 0 Å². The van der Waals surface area contributed by atoms with Crippen LogP contribution >= 0.6 is 0 Å². The number of ether oxygens (including phenoxy) is 1. The number of hydrogen-bond acceptors (Lipinski definition) is 3. The van der Waals surface area contributed by atoms with Gasteiger partial charge in [0.2, 0.25) is 0 Å². The molecule has 10 heteroatoms. The number of H-pyrrole nitrogens is 1. The monoisotopic (exact) mass is 444 g/mol. The van der Waals surface area contributed by atoms with Crippen LogP contribution in [0.4, 0.5) is 33.7 Å². The zero-order valence-electron chi connectivity index (χ0n) is 16.3. The molecular formula is C22H16F4N4O2. The standard InChI is InChI=1S/C22H16F4N4O2/c23-12-13-1-2-15(11-18(13)22(24,25)26)30-21(31)29-14-3-5-16(6-4-14)32-19-8-10-28-20-17(19)7-9-27-20/h1-11H,12H2,(H,27,28)(H2,29,30,31). The van der Waals surface area contributed by atoms with Crippen molar-refractivity contribution in [3.8, 4) is 11.5 Å². The molecule has 0 unspecified atom stereocenters. The van der Waals surface area contributed by atoms with Crippen LogP contribution in [0.1, 0.15) is 11.1 Å². The Bertz CT molecular complexity index is 1250. The smallest absolute Gasteiger partial charge is 0.416 e. The van der Waals surface area contributed by atoms with Gasteiger partial charge >= 0.3 is 12.2 Å². The van der Waals surface area contributed by atoms with Gasteiger partial charge < -0.3 is 20.4 Å². The molecule has 0 bridgehead atoms. The SMILES string of the molecule is O=C(Nc1ccc(Oc2ccnc3[nH]ccc23)cc1)Nc1ccc(CF)c(C(F)(F)F)c1. The topological polar surface area (TPSA) is 79.0 Å². The molecule has 0 fully saturated rings. The lowest BCUT2D eigenvalue weighted by molar-refractivity contribution is -0.138. The molecule has 0 atom stereocenters. The third-order valence-electron chi connectivity index (χ3n) is 4.58. The Morgan fingerprint density at radius 3 is 2.44 bits per heavy atom. The van der Waals surface area contributed by atoms with Gasteiger partial charge in [0.25, 0.3) is 0 Å². The summed E-state index contributed by atoms with van der Waals surface area (Å²) in [6, 6.07) is 12.1. The van der Waals surface area contributed by atoms with Crippen molar-refractivity contribution in [3.63, 3.8) is 0 Å². The van der Waals surface area contributed by atoms with Crippen LogP contribution in [0.2, 0.25) is 0 Å². The van der Waals surface area contributed by atoms with E-state index in [1.165, 1.54) is 6.07 Å². The number of benzene rings is 2. The lowest BCUT2D eigenvalue weighted by Gasteiger charge is -2.14. The number of alkyl halides is 4. The van der Waals surface area contributed by atoms with Crippen molar-refractivity contribution < 1.29 is 27.1 Å². The number of urea groups is 1. The number of fused-ring (bicyclic) bond motifs is 1. The van der Waals surface area contributed by atoms with E-state index in [1.54, 1.807) is 42.7 Å². The molecule has 0 aliphatic heterocycles. The maximum absolute atomic E-state index is 13.0. The van der Waals surface area contributed by atoms with E-state index in [0.717, 1.165) is 11.5 Å². The summed E-state index contributed by atoms with van der Waals surface area (Å²) < 4.78 is 57.8. The molecule has 4 aromatic rings. The Morgan fingerprint density at radius 1 is 1.00 bits per heavy atom. The molecule has 2 aromatic heterocycles. The minimum atomic E-state index is -4.73. The Hall–Kier alpha value is -4.08. The maximum Gasteiger partial charge on any atom is 0.416 e. The molecule has 4 rings (SSSR count). The molecule has 0 aliphatic carbocycles. The normalized spacial score (nSPS) is 11.4. The van der Waals surface area contributed by atoms with Gasteiger partial charge in [-0.2, -0.15) is 13.2 Å². The number of amides is 2. The van der Waals surface area contributed by atoms with Crippen LogP contribution in [0.25, 0.3) is 11.0 Å². The molecule has 0 spiro atoms. The Balaban J connectivity index is 1.41. The van der Waals surface area contributed by atoms with E-state index in [9.17, 15) is 22.4 Å². The van der Waals surface area contributed by atoms with Gasteiger partial charge in [-0.15, -0.1) is 0 Å². The van der Waals surface area contributed by atoms with Crippen molar-refractivity contribution in [2.45, 2.75) is 12.9 Å². The summed E-state index contributed by atoms with van der Waals surface area (Å²) in [6.45, 7) is -1.26. The highest BCUT2D eigenvalue weighted by Crippen LogP contribution is 2.34. The first-order chi connectivity index (χ1) is 15.3. The average Bonchev–Trinajstić information content (AvgIpc) is 3.24. The van der Waals surface area contributed by atoms with Crippen LogP contribution in [0, 0.1) is 0 Å². The van der Waals surface area contributed by atoms with Gasteiger partial charge in [0, 0.05) is 23.8 Å². The highest BCUT2D eigenvalue weighted by Gasteiger charge is 2.33. The molecule has 3 N–H and O–H groups in total. The number of halogens is 4. The average molecular weight is 444 g/mol. The summed E-state index contributed by atoms with van der Waals surface area (Å²) in [6.07, 6.45) is -1.37. The van der Waals surface area contributed by atoms with Crippen LogP contribution in [0.15, 0.2) is 67.0 Å². The van der Waals surface area contributed by atoms with E-state index >= 15 is 0 Å². The van der Waals surface area contributed by atoms with Gasteiger partial charge in [-0.3, -0.25) is 0 Å². The lowest BCUT2D eigenvalue weighted by Crippen LogP contribution is -2.20. The molecule has 0 saturated heterocycles. The number of nitrogens with zero attached hydrogens (tertiary/aromatic N) is 1. The van der Waals surface area contributed by atoms with Crippen LogP contribution in [0.5, 0.6) is 11.5 Å². The molecule has 0 radical (unpaired) electrons. The van der Waals surface area contributed by atoms with Gasteiger partial charge in [0.05, 0.1) is 10.9 Å². The van der Waals surface area contributed by atoms with E-state index in [0.29, 0.717) is 28.9 Å². The van der Waals surface area contributed by atoms with Crippen molar-refractivity contribution in [3.05, 3.63) is 78.1 Å². The van der Waals surface area contributed by atoms with Crippen molar-refractivity contribution in [1.29, 1.82) is 0 Å². The summed E-state index contributed by atoms with van der Waals surface area (Å²) in [5.74, 6) is 1.12. The van der Waals surface area contributed by atoms with Gasteiger partial charge in [-0.25, -0.2) is 14.2 Å². The number of hydrogen-bond donors (Lipinski definition) is 3.